The summed E-state index contributed by atoms with van der Waals surface area (Å²) >= 11 is 0. The van der Waals surface area contributed by atoms with E-state index in [1.807, 2.05) is 6.92 Å². The standard InChI is InChI=1S/C6H14OSi.C3H6.C2H6O2/c1-8(2)6-4-3-5-7-8;1-3-2;3-1-2-4/h3-6H2,1-2H3;3H,1H2,2H3;3-4H,1-2H2. The lowest BCUT2D eigenvalue weighted by Crippen LogP contribution is -2.33. The second-order valence-electron chi connectivity index (χ2n) is 3.92. The van der Waals surface area contributed by atoms with Crippen molar-refractivity contribution in [3.05, 3.63) is 12.7 Å². The maximum Gasteiger partial charge on any atom is 0.186 e. The summed E-state index contributed by atoms with van der Waals surface area (Å²) in [5.74, 6) is 0. The summed E-state index contributed by atoms with van der Waals surface area (Å²) in [5, 5.41) is 15.2. The normalized spacial score (nSPS) is 17.7. The van der Waals surface area contributed by atoms with Crippen LogP contribution in [-0.2, 0) is 4.43 Å². The molecule has 0 aliphatic carbocycles. The molecular formula is C11H26O3Si. The molecule has 3 nitrogen and oxygen atoms in total. The predicted molar refractivity (Wildman–Crippen MR) is 67.5 cm³/mol. The van der Waals surface area contributed by atoms with Crippen molar-refractivity contribution in [3.8, 4) is 0 Å². The highest BCUT2D eigenvalue weighted by Gasteiger charge is 2.24. The molecule has 0 spiro atoms. The average molecular weight is 234 g/mol. The third kappa shape index (κ3) is 16.5. The molecule has 0 bridgehead atoms. The van der Waals surface area contributed by atoms with Gasteiger partial charge in [-0.25, -0.2) is 0 Å². The third-order valence-electron chi connectivity index (χ3n) is 1.77. The van der Waals surface area contributed by atoms with Crippen LogP contribution in [0.4, 0.5) is 0 Å². The lowest BCUT2D eigenvalue weighted by molar-refractivity contribution is 0.186. The first-order valence-electron chi connectivity index (χ1n) is 5.46. The second kappa shape index (κ2) is 11.9. The SMILES string of the molecule is C=CC.C[Si]1(C)CCCCO1.OCCO. The Morgan fingerprint density at radius 1 is 1.27 bits per heavy atom. The van der Waals surface area contributed by atoms with Crippen LogP contribution in [0.25, 0.3) is 0 Å². The van der Waals surface area contributed by atoms with Gasteiger partial charge < -0.3 is 14.6 Å². The Labute approximate surface area is 94.9 Å². The van der Waals surface area contributed by atoms with Gasteiger partial charge in [0.25, 0.3) is 0 Å². The van der Waals surface area contributed by atoms with Crippen LogP contribution in [0.2, 0.25) is 19.1 Å². The Kier molecular flexibility index (Phi) is 13.7. The van der Waals surface area contributed by atoms with Crippen molar-refractivity contribution >= 4 is 8.32 Å². The highest BCUT2D eigenvalue weighted by molar-refractivity contribution is 6.71. The lowest BCUT2D eigenvalue weighted by atomic mass is 10.4. The Morgan fingerprint density at radius 3 is 1.87 bits per heavy atom. The van der Waals surface area contributed by atoms with Gasteiger partial charge in [0.1, 0.15) is 0 Å². The van der Waals surface area contributed by atoms with E-state index in [-0.39, 0.29) is 13.2 Å². The zero-order valence-corrected chi connectivity index (χ0v) is 11.3. The molecule has 1 rings (SSSR count). The van der Waals surface area contributed by atoms with Gasteiger partial charge in [-0.2, -0.15) is 0 Å². The van der Waals surface area contributed by atoms with Crippen LogP contribution in [-0.4, -0.2) is 38.4 Å². The maximum absolute atomic E-state index is 7.62. The van der Waals surface area contributed by atoms with Crippen molar-refractivity contribution in [2.75, 3.05) is 19.8 Å². The molecule has 0 aromatic carbocycles. The molecule has 2 N–H and O–H groups in total. The van der Waals surface area contributed by atoms with E-state index in [4.69, 9.17) is 14.6 Å². The van der Waals surface area contributed by atoms with Crippen molar-refractivity contribution in [3.63, 3.8) is 0 Å². The molecule has 15 heavy (non-hydrogen) atoms. The molecule has 0 aromatic rings. The molecule has 1 heterocycles. The molecule has 1 aliphatic rings. The van der Waals surface area contributed by atoms with E-state index in [2.05, 4.69) is 19.7 Å². The Bertz CT molecular complexity index is 128. The largest absolute Gasteiger partial charge is 0.417 e. The number of hydrogen-bond donors (Lipinski definition) is 2. The van der Waals surface area contributed by atoms with E-state index in [9.17, 15) is 0 Å². The summed E-state index contributed by atoms with van der Waals surface area (Å²) in [7, 11) is -1.09. The van der Waals surface area contributed by atoms with Crippen LogP contribution in [0.15, 0.2) is 12.7 Å². The van der Waals surface area contributed by atoms with Gasteiger partial charge in [0.05, 0.1) is 13.2 Å². The van der Waals surface area contributed by atoms with Crippen molar-refractivity contribution in [2.45, 2.75) is 38.9 Å². The molecule has 0 radical (unpaired) electrons. The molecule has 4 heteroatoms. The highest BCUT2D eigenvalue weighted by atomic mass is 28.4. The van der Waals surface area contributed by atoms with Crippen molar-refractivity contribution in [1.29, 1.82) is 0 Å². The summed E-state index contributed by atoms with van der Waals surface area (Å²) in [6.45, 7) is 10.6. The van der Waals surface area contributed by atoms with Gasteiger partial charge in [-0.3, -0.25) is 0 Å². The molecule has 0 unspecified atom stereocenters. The Hall–Kier alpha value is -0.163. The van der Waals surface area contributed by atoms with Gasteiger partial charge in [-0.15, -0.1) is 6.58 Å². The molecule has 0 amide bonds. The topological polar surface area (TPSA) is 49.7 Å². The van der Waals surface area contributed by atoms with Crippen LogP contribution in [0.3, 0.4) is 0 Å². The van der Waals surface area contributed by atoms with Gasteiger partial charge in [-0.1, -0.05) is 12.5 Å². The molecule has 1 fully saturated rings. The van der Waals surface area contributed by atoms with E-state index in [1.165, 1.54) is 18.9 Å². The minimum atomic E-state index is -1.09. The first kappa shape index (κ1) is 17.2. The molecule has 1 saturated heterocycles. The minimum Gasteiger partial charge on any atom is -0.417 e. The molecule has 0 aromatic heterocycles. The fourth-order valence-electron chi connectivity index (χ4n) is 1.07. The summed E-state index contributed by atoms with van der Waals surface area (Å²) in [6, 6.07) is 1.37. The van der Waals surface area contributed by atoms with Gasteiger partial charge in [0, 0.05) is 6.61 Å². The van der Waals surface area contributed by atoms with Gasteiger partial charge in [-0.05, 0) is 32.5 Å². The molecule has 92 valence electrons. The van der Waals surface area contributed by atoms with Gasteiger partial charge in [0.2, 0.25) is 0 Å². The van der Waals surface area contributed by atoms with Crippen LogP contribution in [0.5, 0.6) is 0 Å². The van der Waals surface area contributed by atoms with E-state index < -0.39 is 8.32 Å². The zero-order chi connectivity index (χ0) is 12.2. The first-order valence-corrected chi connectivity index (χ1v) is 8.58. The first-order chi connectivity index (χ1) is 7.04. The van der Waals surface area contributed by atoms with Crippen molar-refractivity contribution in [2.24, 2.45) is 0 Å². The summed E-state index contributed by atoms with van der Waals surface area (Å²) in [5.41, 5.74) is 0. The van der Waals surface area contributed by atoms with E-state index in [0.717, 1.165) is 6.61 Å². The highest BCUT2D eigenvalue weighted by Crippen LogP contribution is 2.20. The van der Waals surface area contributed by atoms with Crippen LogP contribution in [0, 0.1) is 0 Å². The summed E-state index contributed by atoms with van der Waals surface area (Å²) in [4.78, 5) is 0. The number of hydrogen-bond acceptors (Lipinski definition) is 3. The molecule has 0 atom stereocenters. The Morgan fingerprint density at radius 2 is 1.73 bits per heavy atom. The number of allylic oxidation sites excluding steroid dienone is 1. The molecule has 0 saturated carbocycles. The smallest absolute Gasteiger partial charge is 0.186 e. The van der Waals surface area contributed by atoms with Gasteiger partial charge in [0.15, 0.2) is 8.32 Å². The van der Waals surface area contributed by atoms with Crippen molar-refractivity contribution in [1.82, 2.24) is 0 Å². The third-order valence-corrected chi connectivity index (χ3v) is 4.31. The Balaban J connectivity index is 0. The summed E-state index contributed by atoms with van der Waals surface area (Å²) < 4.78 is 5.60. The lowest BCUT2D eigenvalue weighted by Gasteiger charge is -2.27. The van der Waals surface area contributed by atoms with Crippen molar-refractivity contribution < 1.29 is 14.6 Å². The van der Waals surface area contributed by atoms with E-state index in [0.29, 0.717) is 0 Å². The molecule has 1 aliphatic heterocycles. The quantitative estimate of drug-likeness (QED) is 0.540. The number of rotatable bonds is 1. The summed E-state index contributed by atoms with van der Waals surface area (Å²) in [6.07, 6.45) is 4.44. The van der Waals surface area contributed by atoms with E-state index in [1.54, 1.807) is 6.08 Å². The monoisotopic (exact) mass is 234 g/mol. The minimum absolute atomic E-state index is 0.125. The number of aliphatic hydroxyl groups excluding tert-OH is 2. The van der Waals surface area contributed by atoms with Crippen LogP contribution in [0.1, 0.15) is 19.8 Å². The maximum atomic E-state index is 7.62. The van der Waals surface area contributed by atoms with Gasteiger partial charge >= 0.3 is 0 Å². The molecular weight excluding hydrogens is 208 g/mol. The fourth-order valence-corrected chi connectivity index (χ4v) is 3.02. The average Bonchev–Trinajstić information content (AvgIpc) is 2.19. The number of aliphatic hydroxyl groups is 2. The van der Waals surface area contributed by atoms with Crippen LogP contribution >= 0.6 is 0 Å². The van der Waals surface area contributed by atoms with Crippen LogP contribution < -0.4 is 0 Å². The van der Waals surface area contributed by atoms with E-state index >= 15 is 0 Å². The fraction of sp³-hybridized carbons (Fsp3) is 0.818. The predicted octanol–water partition coefficient (Wildman–Crippen LogP) is 2.17. The zero-order valence-electron chi connectivity index (χ0n) is 10.3. The second-order valence-corrected chi connectivity index (χ2v) is 8.23.